The minimum atomic E-state index is -0.419. The number of nitrogens with zero attached hydrogens (tertiary/aromatic N) is 4. The van der Waals surface area contributed by atoms with E-state index in [-0.39, 0.29) is 11.5 Å². The Balaban J connectivity index is 1.47. The second kappa shape index (κ2) is 8.57. The number of carbonyl (C=O) groups excluding carboxylic acids is 2. The Kier molecular flexibility index (Phi) is 5.43. The molecule has 34 heavy (non-hydrogen) atoms. The van der Waals surface area contributed by atoms with Crippen LogP contribution in [0.1, 0.15) is 33.5 Å². The molecule has 1 amide bonds. The van der Waals surface area contributed by atoms with Crippen molar-refractivity contribution >= 4 is 39.9 Å². The summed E-state index contributed by atoms with van der Waals surface area (Å²) in [4.78, 5) is 24.5. The Bertz CT molecular complexity index is 1550. The number of hydrogen-bond acceptors (Lipinski definition) is 6. The Hall–Kier alpha value is -4.30. The highest BCUT2D eigenvalue weighted by Gasteiger charge is 2.19. The van der Waals surface area contributed by atoms with Crippen LogP contribution >= 0.6 is 11.6 Å². The van der Waals surface area contributed by atoms with Crippen molar-refractivity contribution in [1.29, 1.82) is 0 Å². The molecule has 2 aromatic heterocycles. The van der Waals surface area contributed by atoms with Gasteiger partial charge in [0.15, 0.2) is 17.2 Å². The summed E-state index contributed by atoms with van der Waals surface area (Å²) in [5.74, 6) is 0.104. The molecule has 5 rings (SSSR count). The first-order valence-corrected chi connectivity index (χ1v) is 10.8. The zero-order chi connectivity index (χ0) is 23.8. The van der Waals surface area contributed by atoms with Crippen LogP contribution in [0.3, 0.4) is 0 Å². The van der Waals surface area contributed by atoms with Crippen molar-refractivity contribution in [2.45, 2.75) is 13.8 Å². The van der Waals surface area contributed by atoms with Gasteiger partial charge in [-0.3, -0.25) is 9.59 Å². The van der Waals surface area contributed by atoms with Gasteiger partial charge in [-0.15, -0.1) is 5.10 Å². The molecule has 0 radical (unpaired) electrons. The van der Waals surface area contributed by atoms with E-state index in [2.05, 4.69) is 20.8 Å². The minimum absolute atomic E-state index is 0.0830. The van der Waals surface area contributed by atoms with Crippen LogP contribution in [0.2, 0.25) is 5.02 Å². The fraction of sp³-hybridized carbons (Fsp3) is 0.0800. The zero-order valence-electron chi connectivity index (χ0n) is 18.2. The summed E-state index contributed by atoms with van der Waals surface area (Å²) in [7, 11) is 0. The number of anilines is 1. The lowest BCUT2D eigenvalue weighted by atomic mass is 10.1. The number of ketones is 1. The van der Waals surface area contributed by atoms with Crippen LogP contribution in [0, 0.1) is 6.92 Å². The molecule has 0 aliphatic heterocycles. The van der Waals surface area contributed by atoms with Crippen LogP contribution in [0.25, 0.3) is 27.9 Å². The van der Waals surface area contributed by atoms with Gasteiger partial charge in [0.05, 0.1) is 16.8 Å². The van der Waals surface area contributed by atoms with E-state index in [0.717, 1.165) is 10.9 Å². The second-order valence-electron chi connectivity index (χ2n) is 7.75. The number of aromatic nitrogens is 4. The average molecular weight is 472 g/mol. The Morgan fingerprint density at radius 2 is 1.82 bits per heavy atom. The van der Waals surface area contributed by atoms with Crippen molar-refractivity contribution < 1.29 is 14.1 Å². The first-order chi connectivity index (χ1) is 16.4. The van der Waals surface area contributed by atoms with Gasteiger partial charge < -0.3 is 9.84 Å². The fourth-order valence-corrected chi connectivity index (χ4v) is 3.79. The van der Waals surface area contributed by atoms with Gasteiger partial charge >= 0.3 is 0 Å². The molecule has 0 aliphatic rings. The topological polar surface area (TPSA) is 103 Å². The molecular weight excluding hydrogens is 454 g/mol. The fourth-order valence-electron chi connectivity index (χ4n) is 3.66. The number of hydrogen-bond donors (Lipinski definition) is 1. The molecule has 0 saturated carbocycles. The number of benzene rings is 3. The van der Waals surface area contributed by atoms with E-state index < -0.39 is 5.91 Å². The third-order valence-electron chi connectivity index (χ3n) is 5.45. The standard InChI is InChI=1S/C25H18ClN5O3/c1-14-23(25(33)27-19-5-3-4-17(12-19)15(2)32)28-30-31(14)20-10-11-22-21(13-20)24(34-29-22)16-6-8-18(26)9-7-16/h3-13H,1-2H3,(H,27,33). The van der Waals surface area contributed by atoms with Gasteiger partial charge in [0.25, 0.3) is 5.91 Å². The van der Waals surface area contributed by atoms with E-state index in [9.17, 15) is 9.59 Å². The maximum Gasteiger partial charge on any atom is 0.278 e. The van der Waals surface area contributed by atoms with Crippen LogP contribution in [0.5, 0.6) is 0 Å². The predicted octanol–water partition coefficient (Wildman–Crippen LogP) is 5.49. The lowest BCUT2D eigenvalue weighted by Gasteiger charge is -2.06. The molecule has 1 N–H and O–H groups in total. The molecule has 0 spiro atoms. The third kappa shape index (κ3) is 3.95. The minimum Gasteiger partial charge on any atom is -0.355 e. The summed E-state index contributed by atoms with van der Waals surface area (Å²) < 4.78 is 7.15. The van der Waals surface area contributed by atoms with Crippen molar-refractivity contribution in [3.8, 4) is 17.0 Å². The molecule has 0 aliphatic carbocycles. The van der Waals surface area contributed by atoms with Crippen LogP contribution < -0.4 is 5.32 Å². The molecule has 0 fully saturated rings. The Morgan fingerprint density at radius 3 is 2.59 bits per heavy atom. The van der Waals surface area contributed by atoms with E-state index in [0.29, 0.717) is 38.9 Å². The summed E-state index contributed by atoms with van der Waals surface area (Å²) in [5, 5.41) is 16.6. The monoisotopic (exact) mass is 471 g/mol. The van der Waals surface area contributed by atoms with E-state index >= 15 is 0 Å². The van der Waals surface area contributed by atoms with E-state index in [1.165, 1.54) is 6.92 Å². The van der Waals surface area contributed by atoms with Gasteiger partial charge in [-0.25, -0.2) is 4.68 Å². The highest BCUT2D eigenvalue weighted by atomic mass is 35.5. The van der Waals surface area contributed by atoms with Crippen molar-refractivity contribution in [2.24, 2.45) is 0 Å². The smallest absolute Gasteiger partial charge is 0.278 e. The number of Topliss-reactive ketones (excluding diaryl/α,β-unsaturated/α-hetero) is 1. The molecule has 0 atom stereocenters. The van der Waals surface area contributed by atoms with E-state index in [4.69, 9.17) is 16.1 Å². The van der Waals surface area contributed by atoms with Gasteiger partial charge in [-0.1, -0.05) is 34.1 Å². The first kappa shape index (κ1) is 21.5. The van der Waals surface area contributed by atoms with E-state index in [1.54, 1.807) is 48.0 Å². The molecule has 168 valence electrons. The summed E-state index contributed by atoms with van der Waals surface area (Å²) in [6.07, 6.45) is 0. The Labute approximate surface area is 199 Å². The lowest BCUT2D eigenvalue weighted by Crippen LogP contribution is -2.14. The maximum absolute atomic E-state index is 12.9. The van der Waals surface area contributed by atoms with Gasteiger partial charge in [-0.05, 0) is 68.4 Å². The van der Waals surface area contributed by atoms with Gasteiger partial charge in [-0.2, -0.15) is 0 Å². The lowest BCUT2D eigenvalue weighted by molar-refractivity contribution is 0.100. The SMILES string of the molecule is CC(=O)c1cccc(NC(=O)c2nnn(-c3ccc4noc(-c5ccc(Cl)cc5)c4c3)c2C)c1. The largest absolute Gasteiger partial charge is 0.355 e. The quantitative estimate of drug-likeness (QED) is 0.340. The molecule has 0 saturated heterocycles. The molecule has 5 aromatic rings. The molecule has 2 heterocycles. The van der Waals surface area contributed by atoms with Gasteiger partial charge in [0.2, 0.25) is 0 Å². The summed E-state index contributed by atoms with van der Waals surface area (Å²) in [6, 6.07) is 19.6. The normalized spacial score (nSPS) is 11.0. The van der Waals surface area contributed by atoms with Crippen LogP contribution in [-0.2, 0) is 0 Å². The van der Waals surface area contributed by atoms with Crippen LogP contribution in [0.4, 0.5) is 5.69 Å². The highest BCUT2D eigenvalue weighted by Crippen LogP contribution is 2.31. The number of carbonyl (C=O) groups is 2. The molecule has 8 nitrogen and oxygen atoms in total. The van der Waals surface area contributed by atoms with Gasteiger partial charge in [0, 0.05) is 21.8 Å². The van der Waals surface area contributed by atoms with Crippen molar-refractivity contribution in [3.63, 3.8) is 0 Å². The number of nitrogens with one attached hydrogen (secondary N) is 1. The number of rotatable bonds is 5. The number of amides is 1. The van der Waals surface area contributed by atoms with Gasteiger partial charge in [0.1, 0.15) is 5.52 Å². The summed E-state index contributed by atoms with van der Waals surface area (Å²) in [5.41, 5.74) is 3.98. The van der Waals surface area contributed by atoms with Crippen LogP contribution in [0.15, 0.2) is 71.3 Å². The predicted molar refractivity (Wildman–Crippen MR) is 129 cm³/mol. The first-order valence-electron chi connectivity index (χ1n) is 10.4. The molecule has 0 bridgehead atoms. The summed E-state index contributed by atoms with van der Waals surface area (Å²) >= 11 is 6.00. The third-order valence-corrected chi connectivity index (χ3v) is 5.70. The second-order valence-corrected chi connectivity index (χ2v) is 8.18. The van der Waals surface area contributed by atoms with Crippen LogP contribution in [-0.4, -0.2) is 31.8 Å². The molecular formula is C25H18ClN5O3. The maximum atomic E-state index is 12.9. The van der Waals surface area contributed by atoms with E-state index in [1.807, 2.05) is 30.3 Å². The number of fused-ring (bicyclic) bond motifs is 1. The van der Waals surface area contributed by atoms with Crippen molar-refractivity contribution in [3.05, 3.63) is 88.7 Å². The average Bonchev–Trinajstić information content (AvgIpc) is 3.43. The summed E-state index contributed by atoms with van der Waals surface area (Å²) in [6.45, 7) is 3.24. The van der Waals surface area contributed by atoms with Crippen molar-refractivity contribution in [1.82, 2.24) is 20.2 Å². The van der Waals surface area contributed by atoms with Crippen molar-refractivity contribution in [2.75, 3.05) is 5.32 Å². The number of halogens is 1. The highest BCUT2D eigenvalue weighted by molar-refractivity contribution is 6.30. The zero-order valence-corrected chi connectivity index (χ0v) is 19.0. The Morgan fingerprint density at radius 1 is 1.03 bits per heavy atom. The molecule has 9 heteroatoms. The molecule has 0 unspecified atom stereocenters. The molecule has 3 aromatic carbocycles.